The molecule has 0 radical (unpaired) electrons. The highest BCUT2D eigenvalue weighted by Crippen LogP contribution is 2.30. The van der Waals surface area contributed by atoms with Gasteiger partial charge >= 0.3 is 6.18 Å². The topological polar surface area (TPSA) is 61.7 Å². The highest BCUT2D eigenvalue weighted by molar-refractivity contribution is 5.29. The predicted octanol–water partition coefficient (Wildman–Crippen LogP) is 2.94. The SMILES string of the molecule is Oc1cccc(CNCC(O)COc2ccc(C(F)(F)F)cc2)c1. The number of benzene rings is 2. The van der Waals surface area contributed by atoms with Gasteiger partial charge in [0.15, 0.2) is 0 Å². The lowest BCUT2D eigenvalue weighted by atomic mass is 10.2. The Balaban J connectivity index is 1.72. The Labute approximate surface area is 137 Å². The first-order valence-electron chi connectivity index (χ1n) is 7.31. The Morgan fingerprint density at radius 2 is 1.79 bits per heavy atom. The minimum atomic E-state index is -4.38. The van der Waals surface area contributed by atoms with Crippen LogP contribution in [0.5, 0.6) is 11.5 Å². The molecule has 0 aliphatic heterocycles. The molecule has 0 amide bonds. The average molecular weight is 341 g/mol. The molecule has 0 saturated carbocycles. The van der Waals surface area contributed by atoms with Crippen molar-refractivity contribution in [3.8, 4) is 11.5 Å². The van der Waals surface area contributed by atoms with Gasteiger partial charge in [0.2, 0.25) is 0 Å². The van der Waals surface area contributed by atoms with E-state index < -0.39 is 17.8 Å². The van der Waals surface area contributed by atoms with Gasteiger partial charge in [0.25, 0.3) is 0 Å². The molecule has 0 saturated heterocycles. The molecule has 2 aromatic carbocycles. The number of nitrogens with one attached hydrogen (secondary N) is 1. The van der Waals surface area contributed by atoms with Crippen LogP contribution < -0.4 is 10.1 Å². The van der Waals surface area contributed by atoms with Crippen LogP contribution in [0.25, 0.3) is 0 Å². The number of rotatable bonds is 7. The number of aliphatic hydroxyl groups is 1. The standard InChI is InChI=1S/C17H18F3NO3/c18-17(19,20)13-4-6-16(7-5-13)24-11-15(23)10-21-9-12-2-1-3-14(22)8-12/h1-8,15,21-23H,9-11H2. The molecular formula is C17H18F3NO3. The third-order valence-electron chi connectivity index (χ3n) is 3.24. The summed E-state index contributed by atoms with van der Waals surface area (Å²) >= 11 is 0. The first kappa shape index (κ1) is 18.1. The minimum Gasteiger partial charge on any atom is -0.508 e. The third-order valence-corrected chi connectivity index (χ3v) is 3.24. The molecule has 130 valence electrons. The van der Waals surface area contributed by atoms with Crippen molar-refractivity contribution in [3.63, 3.8) is 0 Å². The maximum Gasteiger partial charge on any atom is 0.416 e. The van der Waals surface area contributed by atoms with Gasteiger partial charge < -0.3 is 20.3 Å². The second-order valence-electron chi connectivity index (χ2n) is 5.29. The summed E-state index contributed by atoms with van der Waals surface area (Å²) in [7, 11) is 0. The molecule has 1 unspecified atom stereocenters. The molecule has 0 aliphatic rings. The first-order chi connectivity index (χ1) is 11.3. The van der Waals surface area contributed by atoms with E-state index in [1.165, 1.54) is 12.1 Å². The largest absolute Gasteiger partial charge is 0.508 e. The van der Waals surface area contributed by atoms with Crippen LogP contribution in [0, 0.1) is 0 Å². The lowest BCUT2D eigenvalue weighted by Crippen LogP contribution is -2.31. The van der Waals surface area contributed by atoms with E-state index in [0.29, 0.717) is 6.54 Å². The van der Waals surface area contributed by atoms with Crippen LogP contribution in [0.3, 0.4) is 0 Å². The summed E-state index contributed by atoms with van der Waals surface area (Å²) in [5, 5.41) is 22.1. The molecule has 0 bridgehead atoms. The summed E-state index contributed by atoms with van der Waals surface area (Å²) in [5.41, 5.74) is 0.119. The van der Waals surface area contributed by atoms with Gasteiger partial charge in [-0.05, 0) is 42.0 Å². The maximum absolute atomic E-state index is 12.4. The molecule has 0 heterocycles. The van der Waals surface area contributed by atoms with Gasteiger partial charge in [0.1, 0.15) is 24.2 Å². The molecule has 24 heavy (non-hydrogen) atoms. The lowest BCUT2D eigenvalue weighted by Gasteiger charge is -2.14. The fourth-order valence-corrected chi connectivity index (χ4v) is 2.04. The van der Waals surface area contributed by atoms with Crippen LogP contribution in [-0.2, 0) is 12.7 Å². The van der Waals surface area contributed by atoms with E-state index in [9.17, 15) is 23.4 Å². The molecule has 2 rings (SSSR count). The monoisotopic (exact) mass is 341 g/mol. The van der Waals surface area contributed by atoms with Crippen LogP contribution in [0.15, 0.2) is 48.5 Å². The van der Waals surface area contributed by atoms with Crippen LogP contribution in [0.4, 0.5) is 13.2 Å². The van der Waals surface area contributed by atoms with Crippen molar-refractivity contribution in [1.82, 2.24) is 5.32 Å². The number of hydrogen-bond acceptors (Lipinski definition) is 4. The Hall–Kier alpha value is -2.25. The number of phenolic OH excluding ortho intramolecular Hbond substituents is 1. The van der Waals surface area contributed by atoms with Crippen molar-refractivity contribution in [1.29, 1.82) is 0 Å². The molecule has 0 aliphatic carbocycles. The van der Waals surface area contributed by atoms with Gasteiger partial charge in [0.05, 0.1) is 5.56 Å². The van der Waals surface area contributed by atoms with E-state index in [1.54, 1.807) is 18.2 Å². The van der Waals surface area contributed by atoms with Crippen LogP contribution >= 0.6 is 0 Å². The number of hydrogen-bond donors (Lipinski definition) is 3. The van der Waals surface area contributed by atoms with E-state index >= 15 is 0 Å². The number of ether oxygens (including phenoxy) is 1. The molecule has 2 aromatic rings. The average Bonchev–Trinajstić information content (AvgIpc) is 2.52. The summed E-state index contributed by atoms with van der Waals surface area (Å²) in [5.74, 6) is 0.426. The zero-order chi connectivity index (χ0) is 17.6. The number of alkyl halides is 3. The van der Waals surface area contributed by atoms with Crippen molar-refractivity contribution >= 4 is 0 Å². The van der Waals surface area contributed by atoms with Crippen molar-refractivity contribution in [3.05, 3.63) is 59.7 Å². The second-order valence-corrected chi connectivity index (χ2v) is 5.29. The predicted molar refractivity (Wildman–Crippen MR) is 82.8 cm³/mol. The summed E-state index contributed by atoms with van der Waals surface area (Å²) in [6.45, 7) is 0.667. The molecule has 1 atom stereocenters. The quantitative estimate of drug-likeness (QED) is 0.725. The number of halogens is 3. The number of aromatic hydroxyl groups is 1. The third kappa shape index (κ3) is 5.75. The smallest absolute Gasteiger partial charge is 0.416 e. The van der Waals surface area contributed by atoms with Gasteiger partial charge in [-0.1, -0.05) is 12.1 Å². The van der Waals surface area contributed by atoms with Crippen LogP contribution in [-0.4, -0.2) is 29.5 Å². The fourth-order valence-electron chi connectivity index (χ4n) is 2.04. The van der Waals surface area contributed by atoms with Crippen molar-refractivity contribution in [2.24, 2.45) is 0 Å². The second kappa shape index (κ2) is 8.03. The summed E-state index contributed by atoms with van der Waals surface area (Å²) in [4.78, 5) is 0. The number of phenols is 1. The molecule has 3 N–H and O–H groups in total. The Morgan fingerprint density at radius 3 is 2.42 bits per heavy atom. The van der Waals surface area contributed by atoms with E-state index in [1.807, 2.05) is 6.07 Å². The lowest BCUT2D eigenvalue weighted by molar-refractivity contribution is -0.137. The van der Waals surface area contributed by atoms with Gasteiger partial charge in [-0.15, -0.1) is 0 Å². The summed E-state index contributed by atoms with van der Waals surface area (Å²) in [6.07, 6.45) is -5.20. The molecule has 0 aromatic heterocycles. The van der Waals surface area contributed by atoms with Gasteiger partial charge in [0, 0.05) is 13.1 Å². The minimum absolute atomic E-state index is 0.0432. The Morgan fingerprint density at radius 1 is 1.08 bits per heavy atom. The number of aliphatic hydroxyl groups excluding tert-OH is 1. The van der Waals surface area contributed by atoms with Crippen molar-refractivity contribution < 1.29 is 28.1 Å². The Bertz CT molecular complexity index is 644. The normalized spacial score (nSPS) is 12.8. The van der Waals surface area contributed by atoms with Crippen molar-refractivity contribution in [2.75, 3.05) is 13.2 Å². The fraction of sp³-hybridized carbons (Fsp3) is 0.294. The van der Waals surface area contributed by atoms with E-state index in [4.69, 9.17) is 4.74 Å². The van der Waals surface area contributed by atoms with Gasteiger partial charge in [-0.25, -0.2) is 0 Å². The van der Waals surface area contributed by atoms with Crippen molar-refractivity contribution in [2.45, 2.75) is 18.8 Å². The molecule has 0 fully saturated rings. The van der Waals surface area contributed by atoms with Gasteiger partial charge in [-0.2, -0.15) is 13.2 Å². The highest BCUT2D eigenvalue weighted by Gasteiger charge is 2.30. The summed E-state index contributed by atoms with van der Waals surface area (Å²) in [6, 6.07) is 11.0. The maximum atomic E-state index is 12.4. The molecular weight excluding hydrogens is 323 g/mol. The van der Waals surface area contributed by atoms with E-state index in [0.717, 1.165) is 17.7 Å². The molecule has 4 nitrogen and oxygen atoms in total. The Kier molecular flexibility index (Phi) is 6.05. The van der Waals surface area contributed by atoms with Gasteiger partial charge in [-0.3, -0.25) is 0 Å². The first-order valence-corrected chi connectivity index (χ1v) is 7.31. The van der Waals surface area contributed by atoms with E-state index in [-0.39, 0.29) is 24.7 Å². The highest BCUT2D eigenvalue weighted by atomic mass is 19.4. The molecule has 0 spiro atoms. The van der Waals surface area contributed by atoms with Crippen LogP contribution in [0.2, 0.25) is 0 Å². The zero-order valence-corrected chi connectivity index (χ0v) is 12.8. The molecule has 7 heteroatoms. The zero-order valence-electron chi connectivity index (χ0n) is 12.8. The summed E-state index contributed by atoms with van der Waals surface area (Å²) < 4.78 is 42.6. The van der Waals surface area contributed by atoms with E-state index in [2.05, 4.69) is 5.32 Å². The van der Waals surface area contributed by atoms with Crippen LogP contribution in [0.1, 0.15) is 11.1 Å².